The van der Waals surface area contributed by atoms with Gasteiger partial charge in [-0.1, -0.05) is 47.5 Å². The molecule has 0 atom stereocenters. The van der Waals surface area contributed by atoms with Crippen molar-refractivity contribution in [3.63, 3.8) is 0 Å². The molecule has 3 aromatic carbocycles. The maximum absolute atomic E-state index is 12.4. The second-order valence-corrected chi connectivity index (χ2v) is 8.31. The minimum Gasteiger partial charge on any atom is -0.483 e. The Balaban J connectivity index is 1.62. The van der Waals surface area contributed by atoms with Crippen LogP contribution >= 0.6 is 39.1 Å². The van der Waals surface area contributed by atoms with Crippen LogP contribution in [0.3, 0.4) is 0 Å². The van der Waals surface area contributed by atoms with E-state index in [1.807, 2.05) is 12.1 Å². The van der Waals surface area contributed by atoms with E-state index in [0.717, 1.165) is 0 Å². The Hall–Kier alpha value is -3.31. The van der Waals surface area contributed by atoms with Crippen molar-refractivity contribution in [1.82, 2.24) is 0 Å². The molecule has 33 heavy (non-hydrogen) atoms. The van der Waals surface area contributed by atoms with E-state index in [0.29, 0.717) is 37.2 Å². The smallest absolute Gasteiger partial charge is 0.266 e. The number of benzene rings is 3. The second-order valence-electron chi connectivity index (χ2n) is 6.65. The number of para-hydroxylation sites is 1. The molecule has 0 saturated carbocycles. The highest BCUT2D eigenvalue weighted by atomic mass is 79.9. The molecule has 0 saturated heterocycles. The molecule has 0 aliphatic carbocycles. The first-order chi connectivity index (χ1) is 15.9. The fourth-order valence-corrected chi connectivity index (χ4v) is 3.48. The SMILES string of the molecule is N#C/C(=C\c1ccc(OCC(=O)Nc2ccc(Cl)c(Cl)c2)c(Br)c1)C(=O)Nc1ccccc1. The van der Waals surface area contributed by atoms with Gasteiger partial charge in [0.25, 0.3) is 11.8 Å². The number of hydrogen-bond donors (Lipinski definition) is 2. The van der Waals surface area contributed by atoms with E-state index in [9.17, 15) is 14.9 Å². The lowest BCUT2D eigenvalue weighted by Crippen LogP contribution is -2.20. The van der Waals surface area contributed by atoms with Crippen LogP contribution in [-0.2, 0) is 9.59 Å². The molecule has 0 aliphatic heterocycles. The molecular weight excluding hydrogens is 529 g/mol. The Kier molecular flexibility index (Phi) is 8.50. The maximum atomic E-state index is 12.4. The summed E-state index contributed by atoms with van der Waals surface area (Å²) < 4.78 is 6.11. The predicted molar refractivity (Wildman–Crippen MR) is 133 cm³/mol. The summed E-state index contributed by atoms with van der Waals surface area (Å²) >= 11 is 15.2. The lowest BCUT2D eigenvalue weighted by Gasteiger charge is -2.10. The molecule has 0 fully saturated rings. The standard InChI is InChI=1S/C24H16BrCl2N3O3/c25-19-11-15(10-16(13-28)24(32)30-17-4-2-1-3-5-17)6-9-22(19)33-14-23(31)29-18-7-8-20(26)21(27)12-18/h1-12H,14H2,(H,29,31)(H,30,32)/b16-10+. The van der Waals surface area contributed by atoms with Gasteiger partial charge in [-0.3, -0.25) is 9.59 Å². The van der Waals surface area contributed by atoms with Crippen LogP contribution < -0.4 is 15.4 Å². The summed E-state index contributed by atoms with van der Waals surface area (Å²) in [5.74, 6) is -0.476. The molecule has 0 spiro atoms. The van der Waals surface area contributed by atoms with Gasteiger partial charge >= 0.3 is 0 Å². The molecule has 9 heteroatoms. The number of anilines is 2. The zero-order valence-corrected chi connectivity index (χ0v) is 20.0. The van der Waals surface area contributed by atoms with Crippen molar-refractivity contribution in [2.45, 2.75) is 0 Å². The van der Waals surface area contributed by atoms with Gasteiger partial charge in [0, 0.05) is 11.4 Å². The lowest BCUT2D eigenvalue weighted by molar-refractivity contribution is -0.118. The summed E-state index contributed by atoms with van der Waals surface area (Å²) in [5.41, 5.74) is 1.64. The van der Waals surface area contributed by atoms with Crippen LogP contribution in [0.25, 0.3) is 6.08 Å². The number of nitrogens with one attached hydrogen (secondary N) is 2. The average Bonchev–Trinajstić information content (AvgIpc) is 2.80. The van der Waals surface area contributed by atoms with Crippen molar-refractivity contribution in [1.29, 1.82) is 5.26 Å². The number of nitrogens with zero attached hydrogens (tertiary/aromatic N) is 1. The van der Waals surface area contributed by atoms with Gasteiger partial charge < -0.3 is 15.4 Å². The van der Waals surface area contributed by atoms with Crippen LogP contribution in [0.5, 0.6) is 5.75 Å². The van der Waals surface area contributed by atoms with Gasteiger partial charge in [0.05, 0.1) is 14.5 Å². The lowest BCUT2D eigenvalue weighted by atomic mass is 10.1. The van der Waals surface area contributed by atoms with E-state index in [2.05, 4.69) is 26.6 Å². The first-order valence-corrected chi connectivity index (χ1v) is 11.1. The monoisotopic (exact) mass is 543 g/mol. The maximum Gasteiger partial charge on any atom is 0.266 e. The highest BCUT2D eigenvalue weighted by Gasteiger charge is 2.11. The third-order valence-electron chi connectivity index (χ3n) is 4.23. The van der Waals surface area contributed by atoms with Gasteiger partial charge in [-0.05, 0) is 70.0 Å². The highest BCUT2D eigenvalue weighted by molar-refractivity contribution is 9.10. The molecule has 2 amide bonds. The number of nitriles is 1. The van der Waals surface area contributed by atoms with E-state index >= 15 is 0 Å². The van der Waals surface area contributed by atoms with E-state index in [4.69, 9.17) is 27.9 Å². The van der Waals surface area contributed by atoms with Crippen molar-refractivity contribution >= 4 is 68.4 Å². The van der Waals surface area contributed by atoms with Crippen LogP contribution in [0.4, 0.5) is 11.4 Å². The number of hydrogen-bond acceptors (Lipinski definition) is 4. The molecule has 3 aromatic rings. The van der Waals surface area contributed by atoms with Crippen LogP contribution in [0.2, 0.25) is 10.0 Å². The zero-order valence-electron chi connectivity index (χ0n) is 16.9. The fourth-order valence-electron chi connectivity index (χ4n) is 2.67. The van der Waals surface area contributed by atoms with Gasteiger partial charge in [-0.2, -0.15) is 5.26 Å². The fraction of sp³-hybridized carbons (Fsp3) is 0.0417. The number of carbonyl (C=O) groups excluding carboxylic acids is 2. The second kappa shape index (κ2) is 11.5. The predicted octanol–water partition coefficient (Wildman–Crippen LogP) is 6.32. The Bertz CT molecular complexity index is 1260. The number of ether oxygens (including phenoxy) is 1. The summed E-state index contributed by atoms with van der Waals surface area (Å²) in [4.78, 5) is 24.5. The minimum atomic E-state index is -0.515. The molecule has 166 valence electrons. The van der Waals surface area contributed by atoms with Crippen LogP contribution in [0.1, 0.15) is 5.56 Å². The molecule has 2 N–H and O–H groups in total. The normalized spacial score (nSPS) is 10.8. The zero-order chi connectivity index (χ0) is 23.8. The molecule has 0 bridgehead atoms. The number of amides is 2. The Morgan fingerprint density at radius 1 is 0.970 bits per heavy atom. The van der Waals surface area contributed by atoms with Crippen LogP contribution in [0, 0.1) is 11.3 Å². The Morgan fingerprint density at radius 2 is 1.73 bits per heavy atom. The van der Waals surface area contributed by atoms with Crippen molar-refractivity contribution in [2.24, 2.45) is 0 Å². The summed E-state index contributed by atoms with van der Waals surface area (Å²) in [7, 11) is 0. The molecule has 0 aromatic heterocycles. The van der Waals surface area contributed by atoms with Crippen molar-refractivity contribution < 1.29 is 14.3 Å². The quantitative estimate of drug-likeness (QED) is 0.269. The van der Waals surface area contributed by atoms with Gasteiger partial charge in [-0.15, -0.1) is 0 Å². The van der Waals surface area contributed by atoms with E-state index in [1.165, 1.54) is 6.08 Å². The topological polar surface area (TPSA) is 91.2 Å². The largest absolute Gasteiger partial charge is 0.483 e. The molecule has 6 nitrogen and oxygen atoms in total. The summed E-state index contributed by atoms with van der Waals surface area (Å²) in [6, 6.07) is 20.5. The van der Waals surface area contributed by atoms with Gasteiger partial charge in [0.2, 0.25) is 0 Å². The van der Waals surface area contributed by atoms with E-state index in [-0.39, 0.29) is 18.1 Å². The molecule has 0 heterocycles. The third kappa shape index (κ3) is 7.09. The van der Waals surface area contributed by atoms with Gasteiger partial charge in [0.15, 0.2) is 6.61 Å². The molecule has 0 radical (unpaired) electrons. The number of halogens is 3. The van der Waals surface area contributed by atoms with Crippen LogP contribution in [-0.4, -0.2) is 18.4 Å². The average molecular weight is 545 g/mol. The number of carbonyl (C=O) groups is 2. The molecular formula is C24H16BrCl2N3O3. The molecule has 3 rings (SSSR count). The van der Waals surface area contributed by atoms with Crippen molar-refractivity contribution in [3.05, 3.63) is 92.4 Å². The minimum absolute atomic E-state index is 0.0552. The summed E-state index contributed by atoms with van der Waals surface area (Å²) in [5, 5.41) is 15.4. The van der Waals surface area contributed by atoms with E-state index < -0.39 is 5.91 Å². The van der Waals surface area contributed by atoms with Gasteiger partial charge in [0.1, 0.15) is 17.4 Å². The van der Waals surface area contributed by atoms with Crippen LogP contribution in [0.15, 0.2) is 76.8 Å². The highest BCUT2D eigenvalue weighted by Crippen LogP contribution is 2.28. The third-order valence-corrected chi connectivity index (χ3v) is 5.58. The summed E-state index contributed by atoms with van der Waals surface area (Å²) in [6.45, 7) is -0.239. The first kappa shape index (κ1) is 24.3. The van der Waals surface area contributed by atoms with Crippen molar-refractivity contribution in [3.8, 4) is 11.8 Å². The first-order valence-electron chi connectivity index (χ1n) is 9.51. The molecule has 0 unspecified atom stereocenters. The number of rotatable bonds is 7. The molecule has 0 aliphatic rings. The van der Waals surface area contributed by atoms with E-state index in [1.54, 1.807) is 60.7 Å². The Morgan fingerprint density at radius 3 is 2.39 bits per heavy atom. The Labute approximate surface area is 208 Å². The van der Waals surface area contributed by atoms with Crippen molar-refractivity contribution in [2.75, 3.05) is 17.2 Å². The summed E-state index contributed by atoms with van der Waals surface area (Å²) in [6.07, 6.45) is 1.46. The van der Waals surface area contributed by atoms with Gasteiger partial charge in [-0.25, -0.2) is 0 Å².